The summed E-state index contributed by atoms with van der Waals surface area (Å²) in [6.45, 7) is 6.54. The Morgan fingerprint density at radius 3 is 2.68 bits per heavy atom. The van der Waals surface area contributed by atoms with E-state index in [0.717, 1.165) is 26.0 Å². The van der Waals surface area contributed by atoms with Crippen molar-refractivity contribution < 1.29 is 9.53 Å². The Morgan fingerprint density at radius 1 is 1.42 bits per heavy atom. The van der Waals surface area contributed by atoms with Gasteiger partial charge in [-0.3, -0.25) is 4.79 Å². The highest BCUT2D eigenvalue weighted by Gasteiger charge is 2.29. The van der Waals surface area contributed by atoms with Crippen molar-refractivity contribution in [3.05, 3.63) is 0 Å². The Balaban J connectivity index is 2.47. The molecule has 1 amide bonds. The molecule has 1 aliphatic rings. The van der Waals surface area contributed by atoms with Crippen LogP contribution in [0.4, 0.5) is 0 Å². The fourth-order valence-corrected chi connectivity index (χ4v) is 1.88. The van der Waals surface area contributed by atoms with E-state index in [-0.39, 0.29) is 18.1 Å². The maximum Gasteiger partial charge on any atom is 0.243 e. The van der Waals surface area contributed by atoms with Gasteiger partial charge in [0.15, 0.2) is 5.96 Å². The fraction of sp³-hybridized carbons (Fsp3) is 0.846. The molecule has 0 aliphatic carbocycles. The predicted molar refractivity (Wildman–Crippen MR) is 76.3 cm³/mol. The van der Waals surface area contributed by atoms with Crippen molar-refractivity contribution in [3.8, 4) is 0 Å². The number of guanidine groups is 1. The third kappa shape index (κ3) is 5.46. The van der Waals surface area contributed by atoms with Crippen LogP contribution in [-0.2, 0) is 9.53 Å². The average Bonchev–Trinajstić information content (AvgIpc) is 2.79. The molecule has 1 fully saturated rings. The molecule has 1 rings (SSSR count). The Labute approximate surface area is 115 Å². The summed E-state index contributed by atoms with van der Waals surface area (Å²) in [5.41, 5.74) is -0.123. The lowest BCUT2D eigenvalue weighted by molar-refractivity contribution is -0.127. The Morgan fingerprint density at radius 2 is 2.16 bits per heavy atom. The van der Waals surface area contributed by atoms with E-state index < -0.39 is 0 Å². The number of carbonyl (C=O) groups is 1. The molecule has 0 saturated carbocycles. The summed E-state index contributed by atoms with van der Waals surface area (Å²) in [5.74, 6) is 0.648. The quantitative estimate of drug-likeness (QED) is 0.553. The number of hydrogen-bond donors (Lipinski definition) is 2. The topological polar surface area (TPSA) is 66.0 Å². The minimum absolute atomic E-state index is 0.0134. The van der Waals surface area contributed by atoms with Crippen LogP contribution < -0.4 is 10.6 Å². The number of amides is 1. The number of rotatable bonds is 5. The zero-order chi connectivity index (χ0) is 14.3. The van der Waals surface area contributed by atoms with Gasteiger partial charge in [-0.2, -0.15) is 0 Å². The van der Waals surface area contributed by atoms with E-state index in [2.05, 4.69) is 22.5 Å². The summed E-state index contributed by atoms with van der Waals surface area (Å²) < 4.78 is 5.71. The summed E-state index contributed by atoms with van der Waals surface area (Å²) in [6.07, 6.45) is 2.15. The summed E-state index contributed by atoms with van der Waals surface area (Å²) in [5, 5.41) is 6.37. The first-order valence-electron chi connectivity index (χ1n) is 6.83. The molecule has 0 spiro atoms. The molecule has 19 heavy (non-hydrogen) atoms. The predicted octanol–water partition coefficient (Wildman–Crippen LogP) is 0.199. The second-order valence-electron chi connectivity index (χ2n) is 5.24. The average molecular weight is 270 g/mol. The molecule has 0 aromatic heterocycles. The van der Waals surface area contributed by atoms with E-state index in [0.29, 0.717) is 12.5 Å². The molecule has 0 aromatic rings. The van der Waals surface area contributed by atoms with Gasteiger partial charge >= 0.3 is 0 Å². The molecule has 6 heteroatoms. The molecule has 2 N–H and O–H groups in total. The van der Waals surface area contributed by atoms with E-state index >= 15 is 0 Å². The molecular weight excluding hydrogens is 244 g/mol. The van der Waals surface area contributed by atoms with Gasteiger partial charge in [0.05, 0.1) is 5.60 Å². The van der Waals surface area contributed by atoms with E-state index in [1.807, 2.05) is 6.92 Å². The van der Waals surface area contributed by atoms with Crippen LogP contribution in [0, 0.1) is 0 Å². The number of aliphatic imine (C=N–C) groups is 1. The molecule has 0 aromatic carbocycles. The zero-order valence-corrected chi connectivity index (χ0v) is 12.5. The fourth-order valence-electron chi connectivity index (χ4n) is 1.88. The van der Waals surface area contributed by atoms with Gasteiger partial charge in [0.2, 0.25) is 5.91 Å². The summed E-state index contributed by atoms with van der Waals surface area (Å²) in [6, 6.07) is 0. The van der Waals surface area contributed by atoms with Crippen LogP contribution in [0.3, 0.4) is 0 Å². The maximum absolute atomic E-state index is 11.5. The van der Waals surface area contributed by atoms with Gasteiger partial charge in [0.25, 0.3) is 0 Å². The molecule has 0 bridgehead atoms. The van der Waals surface area contributed by atoms with Gasteiger partial charge in [-0.1, -0.05) is 0 Å². The third-order valence-corrected chi connectivity index (χ3v) is 3.15. The first-order valence-corrected chi connectivity index (χ1v) is 6.83. The minimum Gasteiger partial charge on any atom is -0.373 e. The van der Waals surface area contributed by atoms with Crippen molar-refractivity contribution in [2.75, 3.05) is 40.3 Å². The highest BCUT2D eigenvalue weighted by atomic mass is 16.5. The van der Waals surface area contributed by atoms with E-state index in [9.17, 15) is 4.79 Å². The summed E-state index contributed by atoms with van der Waals surface area (Å²) in [7, 11) is 3.46. The number of nitrogens with zero attached hydrogens (tertiary/aromatic N) is 2. The SMILES string of the molecule is CCNC(=NCC(=O)N(C)C)NCC1(C)CCCO1. The number of nitrogens with one attached hydrogen (secondary N) is 2. The van der Waals surface area contributed by atoms with Crippen molar-refractivity contribution in [1.82, 2.24) is 15.5 Å². The highest BCUT2D eigenvalue weighted by molar-refractivity contribution is 5.84. The molecule has 1 aliphatic heterocycles. The van der Waals surface area contributed by atoms with Crippen LogP contribution in [0.15, 0.2) is 4.99 Å². The van der Waals surface area contributed by atoms with Gasteiger partial charge in [-0.15, -0.1) is 0 Å². The monoisotopic (exact) mass is 270 g/mol. The van der Waals surface area contributed by atoms with Crippen LogP contribution in [0.25, 0.3) is 0 Å². The zero-order valence-electron chi connectivity index (χ0n) is 12.5. The van der Waals surface area contributed by atoms with E-state index in [1.165, 1.54) is 4.90 Å². The second kappa shape index (κ2) is 7.33. The number of carbonyl (C=O) groups excluding carboxylic acids is 1. The van der Waals surface area contributed by atoms with Crippen molar-refractivity contribution in [2.45, 2.75) is 32.3 Å². The maximum atomic E-state index is 11.5. The Kier molecular flexibility index (Phi) is 6.08. The van der Waals surface area contributed by atoms with Crippen LogP contribution in [-0.4, -0.2) is 62.7 Å². The molecule has 1 saturated heterocycles. The number of likely N-dealkylation sites (N-methyl/N-ethyl adjacent to an activating group) is 1. The van der Waals surface area contributed by atoms with Gasteiger partial charge in [0, 0.05) is 33.8 Å². The minimum atomic E-state index is -0.123. The van der Waals surface area contributed by atoms with Crippen molar-refractivity contribution >= 4 is 11.9 Å². The largest absolute Gasteiger partial charge is 0.373 e. The van der Waals surface area contributed by atoms with E-state index in [4.69, 9.17) is 4.74 Å². The van der Waals surface area contributed by atoms with Crippen LogP contribution in [0.1, 0.15) is 26.7 Å². The van der Waals surface area contributed by atoms with Crippen molar-refractivity contribution in [2.24, 2.45) is 4.99 Å². The lowest BCUT2D eigenvalue weighted by atomic mass is 10.0. The smallest absolute Gasteiger partial charge is 0.243 e. The molecule has 6 nitrogen and oxygen atoms in total. The van der Waals surface area contributed by atoms with Gasteiger partial charge in [-0.25, -0.2) is 4.99 Å². The van der Waals surface area contributed by atoms with Crippen LogP contribution in [0.5, 0.6) is 0 Å². The lowest BCUT2D eigenvalue weighted by Gasteiger charge is -2.24. The molecule has 110 valence electrons. The molecule has 0 radical (unpaired) electrons. The Bertz CT molecular complexity index is 323. The van der Waals surface area contributed by atoms with Crippen molar-refractivity contribution in [1.29, 1.82) is 0 Å². The number of ether oxygens (including phenoxy) is 1. The first kappa shape index (κ1) is 15.8. The van der Waals surface area contributed by atoms with Crippen LogP contribution >= 0.6 is 0 Å². The summed E-state index contributed by atoms with van der Waals surface area (Å²) >= 11 is 0. The molecule has 1 unspecified atom stereocenters. The first-order chi connectivity index (χ1) is 8.97. The molecule has 1 heterocycles. The summed E-state index contributed by atoms with van der Waals surface area (Å²) in [4.78, 5) is 17.3. The van der Waals surface area contributed by atoms with Gasteiger partial charge in [-0.05, 0) is 26.7 Å². The highest BCUT2D eigenvalue weighted by Crippen LogP contribution is 2.23. The van der Waals surface area contributed by atoms with Gasteiger partial charge in [0.1, 0.15) is 6.54 Å². The second-order valence-corrected chi connectivity index (χ2v) is 5.24. The lowest BCUT2D eigenvalue weighted by Crippen LogP contribution is -2.46. The normalized spacial score (nSPS) is 23.3. The van der Waals surface area contributed by atoms with Gasteiger partial charge < -0.3 is 20.3 Å². The molecule has 1 atom stereocenters. The standard InChI is InChI=1S/C13H26N4O2/c1-5-14-12(15-9-11(18)17(3)4)16-10-13(2)7-6-8-19-13/h5-10H2,1-4H3,(H2,14,15,16). The van der Waals surface area contributed by atoms with E-state index in [1.54, 1.807) is 14.1 Å². The third-order valence-electron chi connectivity index (χ3n) is 3.15. The Hall–Kier alpha value is -1.30. The molecular formula is C13H26N4O2. The van der Waals surface area contributed by atoms with Crippen LogP contribution in [0.2, 0.25) is 0 Å². The van der Waals surface area contributed by atoms with Crippen molar-refractivity contribution in [3.63, 3.8) is 0 Å². The number of hydrogen-bond acceptors (Lipinski definition) is 3.